The second-order valence-corrected chi connectivity index (χ2v) is 4.55. The van der Waals surface area contributed by atoms with E-state index in [1.54, 1.807) is 35.1 Å². The quantitative estimate of drug-likeness (QED) is 0.771. The maximum atomic E-state index is 11.7. The Bertz CT molecular complexity index is 537. The number of carbonyl (C=O) groups is 1. The summed E-state index contributed by atoms with van der Waals surface area (Å²) < 4.78 is 7.14. The number of hydrogen-bond acceptors (Lipinski definition) is 4. The number of nitrogen functional groups attached to an aromatic ring is 1. The second kappa shape index (κ2) is 6.60. The van der Waals surface area contributed by atoms with Gasteiger partial charge in [-0.2, -0.15) is 5.10 Å². The first kappa shape index (κ1) is 13.9. The molecule has 0 aliphatic rings. The average Bonchev–Trinajstić information content (AvgIpc) is 2.90. The number of ether oxygens (including phenoxy) is 1. The average molecular weight is 274 g/mol. The highest BCUT2D eigenvalue weighted by Gasteiger charge is 2.08. The smallest absolute Gasteiger partial charge is 0.258 e. The minimum absolute atomic E-state index is 0.0163. The molecule has 1 heterocycles. The highest BCUT2D eigenvalue weighted by atomic mass is 16.5. The highest BCUT2D eigenvalue weighted by molar-refractivity contribution is 5.77. The summed E-state index contributed by atoms with van der Waals surface area (Å²) in [4.78, 5) is 11.7. The van der Waals surface area contributed by atoms with Gasteiger partial charge in [0, 0.05) is 24.1 Å². The molecular formula is C14H18N4O2. The first-order valence-corrected chi connectivity index (χ1v) is 6.38. The minimum atomic E-state index is -0.165. The van der Waals surface area contributed by atoms with Gasteiger partial charge in [0.25, 0.3) is 5.91 Å². The zero-order chi connectivity index (χ0) is 14.4. The topological polar surface area (TPSA) is 82.2 Å². The molecule has 20 heavy (non-hydrogen) atoms. The summed E-state index contributed by atoms with van der Waals surface area (Å²) in [6, 6.07) is 8.75. The zero-order valence-electron chi connectivity index (χ0n) is 11.3. The fourth-order valence-corrected chi connectivity index (χ4v) is 1.76. The van der Waals surface area contributed by atoms with Crippen LogP contribution in [0.5, 0.6) is 5.75 Å². The molecule has 0 saturated heterocycles. The lowest BCUT2D eigenvalue weighted by molar-refractivity contribution is -0.123. The summed E-state index contributed by atoms with van der Waals surface area (Å²) in [6.07, 6.45) is 3.56. The predicted octanol–water partition coefficient (Wildman–Crippen LogP) is 1.05. The van der Waals surface area contributed by atoms with Crippen molar-refractivity contribution in [1.82, 2.24) is 15.1 Å². The van der Waals surface area contributed by atoms with Crippen molar-refractivity contribution < 1.29 is 9.53 Å². The molecule has 1 unspecified atom stereocenters. The summed E-state index contributed by atoms with van der Waals surface area (Å²) in [5.74, 6) is 0.454. The molecule has 3 N–H and O–H groups in total. The summed E-state index contributed by atoms with van der Waals surface area (Å²) >= 11 is 0. The Morgan fingerprint density at radius 3 is 2.85 bits per heavy atom. The van der Waals surface area contributed by atoms with Crippen LogP contribution in [-0.2, 0) is 11.3 Å². The lowest BCUT2D eigenvalue weighted by Gasteiger charge is -2.14. The number of carbonyl (C=O) groups excluding carboxylic acids is 1. The molecule has 0 aliphatic heterocycles. The Kier molecular flexibility index (Phi) is 4.60. The Morgan fingerprint density at radius 2 is 2.20 bits per heavy atom. The fraction of sp³-hybridized carbons (Fsp3) is 0.286. The molecular weight excluding hydrogens is 256 g/mol. The van der Waals surface area contributed by atoms with Gasteiger partial charge in [0.2, 0.25) is 0 Å². The predicted molar refractivity (Wildman–Crippen MR) is 76.2 cm³/mol. The first-order valence-electron chi connectivity index (χ1n) is 6.38. The SMILES string of the molecule is CC(Cn1cccn1)NC(=O)COc1ccc(N)cc1. The lowest BCUT2D eigenvalue weighted by Crippen LogP contribution is -2.38. The molecule has 6 heteroatoms. The molecule has 0 bridgehead atoms. The molecule has 2 rings (SSSR count). The van der Waals surface area contributed by atoms with E-state index in [-0.39, 0.29) is 18.6 Å². The van der Waals surface area contributed by atoms with Gasteiger partial charge in [-0.3, -0.25) is 9.48 Å². The molecule has 1 amide bonds. The molecule has 1 atom stereocenters. The van der Waals surface area contributed by atoms with Crippen molar-refractivity contribution in [2.75, 3.05) is 12.3 Å². The third kappa shape index (κ3) is 4.31. The van der Waals surface area contributed by atoms with E-state index >= 15 is 0 Å². The van der Waals surface area contributed by atoms with Crippen LogP contribution in [0.1, 0.15) is 6.92 Å². The Balaban J connectivity index is 1.73. The van der Waals surface area contributed by atoms with Gasteiger partial charge in [0.1, 0.15) is 5.75 Å². The highest BCUT2D eigenvalue weighted by Crippen LogP contribution is 2.12. The second-order valence-electron chi connectivity index (χ2n) is 4.55. The summed E-state index contributed by atoms with van der Waals surface area (Å²) in [6.45, 7) is 2.52. The number of rotatable bonds is 6. The van der Waals surface area contributed by atoms with Gasteiger partial charge in [-0.05, 0) is 37.3 Å². The monoisotopic (exact) mass is 274 g/mol. The maximum absolute atomic E-state index is 11.7. The van der Waals surface area contributed by atoms with Crippen molar-refractivity contribution >= 4 is 11.6 Å². The van der Waals surface area contributed by atoms with E-state index in [1.165, 1.54) is 0 Å². The van der Waals surface area contributed by atoms with E-state index in [0.29, 0.717) is 18.0 Å². The number of anilines is 1. The van der Waals surface area contributed by atoms with E-state index < -0.39 is 0 Å². The van der Waals surface area contributed by atoms with Crippen LogP contribution in [-0.4, -0.2) is 28.3 Å². The number of amides is 1. The van der Waals surface area contributed by atoms with Crippen molar-refractivity contribution in [2.24, 2.45) is 0 Å². The molecule has 0 saturated carbocycles. The first-order chi connectivity index (χ1) is 9.63. The molecule has 0 fully saturated rings. The van der Waals surface area contributed by atoms with E-state index in [9.17, 15) is 4.79 Å². The molecule has 6 nitrogen and oxygen atoms in total. The number of hydrogen-bond donors (Lipinski definition) is 2. The van der Waals surface area contributed by atoms with E-state index in [4.69, 9.17) is 10.5 Å². The van der Waals surface area contributed by atoms with E-state index in [0.717, 1.165) is 0 Å². The summed E-state index contributed by atoms with van der Waals surface area (Å²) in [7, 11) is 0. The minimum Gasteiger partial charge on any atom is -0.484 e. The van der Waals surface area contributed by atoms with E-state index in [1.807, 2.05) is 19.2 Å². The van der Waals surface area contributed by atoms with Crippen LogP contribution in [0.3, 0.4) is 0 Å². The number of nitrogens with one attached hydrogen (secondary N) is 1. The summed E-state index contributed by atoms with van der Waals surface area (Å²) in [5, 5.41) is 6.94. The number of nitrogens with zero attached hydrogens (tertiary/aromatic N) is 2. The third-order valence-electron chi connectivity index (χ3n) is 2.68. The van der Waals surface area contributed by atoms with E-state index in [2.05, 4.69) is 10.4 Å². The van der Waals surface area contributed by atoms with Gasteiger partial charge < -0.3 is 15.8 Å². The Hall–Kier alpha value is -2.50. The summed E-state index contributed by atoms with van der Waals surface area (Å²) in [5.41, 5.74) is 6.23. The van der Waals surface area contributed by atoms with Crippen molar-refractivity contribution in [3.8, 4) is 5.75 Å². The third-order valence-corrected chi connectivity index (χ3v) is 2.68. The maximum Gasteiger partial charge on any atom is 0.258 e. The Labute approximate surface area is 117 Å². The molecule has 1 aromatic carbocycles. The molecule has 2 aromatic rings. The molecule has 0 spiro atoms. The van der Waals surface area contributed by atoms with Crippen LogP contribution in [0.2, 0.25) is 0 Å². The van der Waals surface area contributed by atoms with Gasteiger partial charge in [0.15, 0.2) is 6.61 Å². The normalized spacial score (nSPS) is 11.8. The van der Waals surface area contributed by atoms with Gasteiger partial charge in [-0.15, -0.1) is 0 Å². The van der Waals surface area contributed by atoms with Crippen molar-refractivity contribution in [3.63, 3.8) is 0 Å². The van der Waals surface area contributed by atoms with Crippen molar-refractivity contribution in [3.05, 3.63) is 42.7 Å². The molecule has 0 aliphatic carbocycles. The van der Waals surface area contributed by atoms with Gasteiger partial charge in [-0.1, -0.05) is 0 Å². The lowest BCUT2D eigenvalue weighted by atomic mass is 10.3. The van der Waals surface area contributed by atoms with Crippen LogP contribution >= 0.6 is 0 Å². The van der Waals surface area contributed by atoms with Crippen LogP contribution in [0.15, 0.2) is 42.7 Å². The zero-order valence-corrected chi connectivity index (χ0v) is 11.3. The van der Waals surface area contributed by atoms with Crippen molar-refractivity contribution in [2.45, 2.75) is 19.5 Å². The van der Waals surface area contributed by atoms with Gasteiger partial charge in [-0.25, -0.2) is 0 Å². The standard InChI is InChI=1S/C14H18N4O2/c1-11(9-18-8-2-7-16-18)17-14(19)10-20-13-5-3-12(15)4-6-13/h2-8,11H,9-10,15H2,1H3,(H,17,19). The van der Waals surface area contributed by atoms with Crippen LogP contribution in [0.4, 0.5) is 5.69 Å². The number of benzene rings is 1. The van der Waals surface area contributed by atoms with Gasteiger partial charge >= 0.3 is 0 Å². The largest absolute Gasteiger partial charge is 0.484 e. The fourth-order valence-electron chi connectivity index (χ4n) is 1.76. The van der Waals surface area contributed by atoms with Crippen LogP contribution in [0, 0.1) is 0 Å². The van der Waals surface area contributed by atoms with Gasteiger partial charge in [0.05, 0.1) is 6.54 Å². The molecule has 1 aromatic heterocycles. The molecule has 0 radical (unpaired) electrons. The number of aromatic nitrogens is 2. The van der Waals surface area contributed by atoms with Crippen LogP contribution < -0.4 is 15.8 Å². The Morgan fingerprint density at radius 1 is 1.45 bits per heavy atom. The molecule has 106 valence electrons. The number of nitrogens with two attached hydrogens (primary N) is 1. The van der Waals surface area contributed by atoms with Crippen molar-refractivity contribution in [1.29, 1.82) is 0 Å². The van der Waals surface area contributed by atoms with Crippen LogP contribution in [0.25, 0.3) is 0 Å².